The number of hydrogen-bond donors (Lipinski definition) is 1. The van der Waals surface area contributed by atoms with Crippen LogP contribution in [0, 0.1) is 5.92 Å². The van der Waals surface area contributed by atoms with Crippen molar-refractivity contribution in [3.05, 3.63) is 21.3 Å². The third-order valence-corrected chi connectivity index (χ3v) is 4.71. The van der Waals surface area contributed by atoms with E-state index >= 15 is 0 Å². The highest BCUT2D eigenvalue weighted by Gasteiger charge is 2.23. The van der Waals surface area contributed by atoms with Gasteiger partial charge in [0.2, 0.25) is 5.91 Å². The lowest BCUT2D eigenvalue weighted by atomic mass is 10.1. The van der Waals surface area contributed by atoms with Gasteiger partial charge in [-0.1, -0.05) is 24.4 Å². The highest BCUT2D eigenvalue weighted by atomic mass is 35.5. The van der Waals surface area contributed by atoms with Crippen LogP contribution in [0.5, 0.6) is 0 Å². The maximum atomic E-state index is 11.9. The minimum Gasteiger partial charge on any atom is -0.374 e. The predicted octanol–water partition coefficient (Wildman–Crippen LogP) is 3.40. The molecular formula is C13H18ClNO2S. The van der Waals surface area contributed by atoms with Crippen LogP contribution in [0.4, 0.5) is 0 Å². The van der Waals surface area contributed by atoms with Crippen molar-refractivity contribution < 1.29 is 9.53 Å². The number of thiophene rings is 1. The maximum Gasteiger partial charge on any atom is 0.223 e. The fourth-order valence-corrected chi connectivity index (χ4v) is 3.47. The number of amides is 1. The molecule has 1 aliphatic carbocycles. The van der Waals surface area contributed by atoms with Gasteiger partial charge in [0.1, 0.15) is 6.10 Å². The molecule has 1 aromatic rings. The summed E-state index contributed by atoms with van der Waals surface area (Å²) in [6.45, 7) is 0.517. The van der Waals surface area contributed by atoms with Crippen LogP contribution in [0.3, 0.4) is 0 Å². The summed E-state index contributed by atoms with van der Waals surface area (Å²) >= 11 is 7.40. The number of ether oxygens (including phenoxy) is 1. The molecule has 1 aliphatic rings. The highest BCUT2D eigenvalue weighted by Crippen LogP contribution is 2.29. The van der Waals surface area contributed by atoms with Gasteiger partial charge in [-0.15, -0.1) is 11.3 Å². The quantitative estimate of drug-likeness (QED) is 0.901. The minimum atomic E-state index is -0.104. The summed E-state index contributed by atoms with van der Waals surface area (Å²) < 4.78 is 6.14. The molecule has 1 fully saturated rings. The molecule has 0 spiro atoms. The van der Waals surface area contributed by atoms with E-state index in [1.807, 2.05) is 12.1 Å². The van der Waals surface area contributed by atoms with Gasteiger partial charge < -0.3 is 10.1 Å². The van der Waals surface area contributed by atoms with Crippen LogP contribution < -0.4 is 5.32 Å². The maximum absolute atomic E-state index is 11.9. The van der Waals surface area contributed by atoms with Crippen LogP contribution in [0.2, 0.25) is 4.34 Å². The summed E-state index contributed by atoms with van der Waals surface area (Å²) in [6, 6.07) is 3.80. The van der Waals surface area contributed by atoms with Gasteiger partial charge in [-0.3, -0.25) is 4.79 Å². The number of hydrogen-bond acceptors (Lipinski definition) is 3. The Hall–Kier alpha value is -0.580. The summed E-state index contributed by atoms with van der Waals surface area (Å²) in [5.74, 6) is 0.367. The standard InChI is InChI=1S/C13H18ClNO2S/c1-17-10(11-6-7-12(14)18-11)8-15-13(16)9-4-2-3-5-9/h6-7,9-10H,2-5,8H2,1H3,(H,15,16)/t10-/m0/s1. The number of carbonyl (C=O) groups excluding carboxylic acids is 1. The van der Waals surface area contributed by atoms with Gasteiger partial charge >= 0.3 is 0 Å². The third kappa shape index (κ3) is 3.46. The van der Waals surface area contributed by atoms with Gasteiger partial charge in [0.05, 0.1) is 4.34 Å². The number of rotatable bonds is 5. The minimum absolute atomic E-state index is 0.104. The summed E-state index contributed by atoms with van der Waals surface area (Å²) in [7, 11) is 1.65. The van der Waals surface area contributed by atoms with E-state index < -0.39 is 0 Å². The molecule has 0 aromatic carbocycles. The molecule has 0 saturated heterocycles. The van der Waals surface area contributed by atoms with Crippen LogP contribution in [0.25, 0.3) is 0 Å². The van der Waals surface area contributed by atoms with E-state index in [1.165, 1.54) is 24.2 Å². The Morgan fingerprint density at radius 1 is 1.56 bits per heavy atom. The smallest absolute Gasteiger partial charge is 0.223 e. The van der Waals surface area contributed by atoms with Crippen LogP contribution in [0.1, 0.15) is 36.7 Å². The lowest BCUT2D eigenvalue weighted by Crippen LogP contribution is -2.33. The topological polar surface area (TPSA) is 38.3 Å². The molecule has 1 amide bonds. The molecule has 18 heavy (non-hydrogen) atoms. The Labute approximate surface area is 116 Å². The molecule has 0 aliphatic heterocycles. The zero-order valence-electron chi connectivity index (χ0n) is 10.4. The van der Waals surface area contributed by atoms with E-state index in [2.05, 4.69) is 5.32 Å². The van der Waals surface area contributed by atoms with Crippen molar-refractivity contribution in [3.63, 3.8) is 0 Å². The van der Waals surface area contributed by atoms with Gasteiger partial charge in [-0.25, -0.2) is 0 Å². The molecule has 1 aromatic heterocycles. The number of methoxy groups -OCH3 is 1. The normalized spacial score (nSPS) is 17.9. The summed E-state index contributed by atoms with van der Waals surface area (Å²) in [5.41, 5.74) is 0. The largest absolute Gasteiger partial charge is 0.374 e. The molecule has 2 rings (SSSR count). The summed E-state index contributed by atoms with van der Waals surface area (Å²) in [6.07, 6.45) is 4.29. The molecule has 5 heteroatoms. The van der Waals surface area contributed by atoms with Crippen molar-refractivity contribution in [2.75, 3.05) is 13.7 Å². The zero-order valence-corrected chi connectivity index (χ0v) is 12.0. The SMILES string of the molecule is CO[C@@H](CNC(=O)C1CCCC1)c1ccc(Cl)s1. The second-order valence-electron chi connectivity index (χ2n) is 4.59. The van der Waals surface area contributed by atoms with Gasteiger partial charge in [0.25, 0.3) is 0 Å². The molecule has 1 saturated carbocycles. The second-order valence-corrected chi connectivity index (χ2v) is 6.34. The van der Waals surface area contributed by atoms with E-state index in [9.17, 15) is 4.79 Å². The fraction of sp³-hybridized carbons (Fsp3) is 0.615. The third-order valence-electron chi connectivity index (χ3n) is 3.38. The average molecular weight is 288 g/mol. The average Bonchev–Trinajstić information content (AvgIpc) is 3.01. The monoisotopic (exact) mass is 287 g/mol. The molecular weight excluding hydrogens is 270 g/mol. The van der Waals surface area contributed by atoms with Crippen molar-refractivity contribution in [1.29, 1.82) is 0 Å². The molecule has 100 valence electrons. The van der Waals surface area contributed by atoms with Crippen LogP contribution in [-0.2, 0) is 9.53 Å². The Morgan fingerprint density at radius 2 is 2.28 bits per heavy atom. The zero-order chi connectivity index (χ0) is 13.0. The molecule has 3 nitrogen and oxygen atoms in total. The number of carbonyl (C=O) groups is 1. The molecule has 1 heterocycles. The molecule has 1 N–H and O–H groups in total. The van der Waals surface area contributed by atoms with E-state index in [4.69, 9.17) is 16.3 Å². The molecule has 0 radical (unpaired) electrons. The first-order valence-corrected chi connectivity index (χ1v) is 7.46. The van der Waals surface area contributed by atoms with Crippen molar-refractivity contribution in [1.82, 2.24) is 5.32 Å². The van der Waals surface area contributed by atoms with Crippen molar-refractivity contribution in [2.24, 2.45) is 5.92 Å². The Balaban J connectivity index is 1.85. The summed E-state index contributed by atoms with van der Waals surface area (Å²) in [4.78, 5) is 13.0. The van der Waals surface area contributed by atoms with Gasteiger partial charge in [0, 0.05) is 24.4 Å². The van der Waals surface area contributed by atoms with E-state index in [0.29, 0.717) is 6.54 Å². The predicted molar refractivity (Wildman–Crippen MR) is 74.0 cm³/mol. The van der Waals surface area contributed by atoms with Crippen molar-refractivity contribution in [2.45, 2.75) is 31.8 Å². The first kappa shape index (κ1) is 13.8. The molecule has 1 atom stereocenters. The van der Waals surface area contributed by atoms with E-state index in [0.717, 1.165) is 22.1 Å². The molecule has 0 bridgehead atoms. The fourth-order valence-electron chi connectivity index (χ4n) is 2.33. The van der Waals surface area contributed by atoms with Crippen LogP contribution in [0.15, 0.2) is 12.1 Å². The lowest BCUT2D eigenvalue weighted by Gasteiger charge is -2.16. The van der Waals surface area contributed by atoms with Crippen LogP contribution >= 0.6 is 22.9 Å². The Bertz CT molecular complexity index is 401. The van der Waals surface area contributed by atoms with Gasteiger partial charge in [-0.05, 0) is 25.0 Å². The van der Waals surface area contributed by atoms with Crippen molar-refractivity contribution >= 4 is 28.8 Å². The molecule has 0 unspecified atom stereocenters. The first-order valence-electron chi connectivity index (χ1n) is 6.26. The van der Waals surface area contributed by atoms with Gasteiger partial charge in [0.15, 0.2) is 0 Å². The number of halogens is 1. The lowest BCUT2D eigenvalue weighted by molar-refractivity contribution is -0.125. The summed E-state index contributed by atoms with van der Waals surface area (Å²) in [5, 5.41) is 2.98. The Kier molecular flexibility index (Phi) is 5.03. The highest BCUT2D eigenvalue weighted by molar-refractivity contribution is 7.16. The first-order chi connectivity index (χ1) is 8.70. The van der Waals surface area contributed by atoms with E-state index in [1.54, 1.807) is 7.11 Å². The van der Waals surface area contributed by atoms with E-state index in [-0.39, 0.29) is 17.9 Å². The van der Waals surface area contributed by atoms with Gasteiger partial charge in [-0.2, -0.15) is 0 Å². The van der Waals surface area contributed by atoms with Crippen molar-refractivity contribution in [3.8, 4) is 0 Å². The number of nitrogens with one attached hydrogen (secondary N) is 1. The Morgan fingerprint density at radius 3 is 2.83 bits per heavy atom. The second kappa shape index (κ2) is 6.55. The van der Waals surface area contributed by atoms with Crippen LogP contribution in [-0.4, -0.2) is 19.6 Å².